The van der Waals surface area contributed by atoms with E-state index in [4.69, 9.17) is 5.11 Å². The van der Waals surface area contributed by atoms with Crippen molar-refractivity contribution in [2.75, 3.05) is 19.6 Å². The third-order valence-corrected chi connectivity index (χ3v) is 4.33. The summed E-state index contributed by atoms with van der Waals surface area (Å²) in [5.74, 6) is -1.17. The highest BCUT2D eigenvalue weighted by molar-refractivity contribution is 5.78. The second-order valence-corrected chi connectivity index (χ2v) is 6.18. The van der Waals surface area contributed by atoms with Crippen LogP contribution in [0.2, 0.25) is 0 Å². The van der Waals surface area contributed by atoms with E-state index < -0.39 is 11.9 Å². The molecule has 0 spiro atoms. The SMILES string of the molecule is C[C@@H]1CN(C(=O)N2CCCC2(C)C)C[C@H]1C(=O)O. The minimum Gasteiger partial charge on any atom is -0.481 e. The molecular weight excluding hydrogens is 232 g/mol. The van der Waals surface area contributed by atoms with E-state index in [1.807, 2.05) is 11.8 Å². The highest BCUT2D eigenvalue weighted by Gasteiger charge is 2.42. The molecule has 0 saturated carbocycles. The monoisotopic (exact) mass is 254 g/mol. The molecule has 5 heteroatoms. The van der Waals surface area contributed by atoms with Gasteiger partial charge in [-0.15, -0.1) is 0 Å². The molecule has 2 aliphatic rings. The Kier molecular flexibility index (Phi) is 3.25. The molecule has 0 bridgehead atoms. The molecule has 2 fully saturated rings. The molecule has 2 heterocycles. The maximum Gasteiger partial charge on any atom is 0.320 e. The third kappa shape index (κ3) is 2.18. The average molecular weight is 254 g/mol. The number of carbonyl (C=O) groups is 2. The van der Waals surface area contributed by atoms with Crippen LogP contribution in [0.4, 0.5) is 4.79 Å². The molecule has 2 atom stereocenters. The highest BCUT2D eigenvalue weighted by atomic mass is 16.4. The van der Waals surface area contributed by atoms with Crippen LogP contribution < -0.4 is 0 Å². The first-order chi connectivity index (χ1) is 8.33. The van der Waals surface area contributed by atoms with Crippen LogP contribution in [0, 0.1) is 11.8 Å². The van der Waals surface area contributed by atoms with Crippen LogP contribution in [0.3, 0.4) is 0 Å². The predicted molar refractivity (Wildman–Crippen MR) is 67.3 cm³/mol. The Morgan fingerprint density at radius 3 is 2.39 bits per heavy atom. The van der Waals surface area contributed by atoms with Gasteiger partial charge >= 0.3 is 12.0 Å². The van der Waals surface area contributed by atoms with E-state index in [0.29, 0.717) is 13.1 Å². The van der Waals surface area contributed by atoms with Gasteiger partial charge in [0.25, 0.3) is 0 Å². The van der Waals surface area contributed by atoms with E-state index >= 15 is 0 Å². The Balaban J connectivity index is 2.05. The lowest BCUT2D eigenvalue weighted by Gasteiger charge is -2.34. The summed E-state index contributed by atoms with van der Waals surface area (Å²) in [5.41, 5.74) is -0.0956. The van der Waals surface area contributed by atoms with Crippen LogP contribution in [0.15, 0.2) is 0 Å². The zero-order valence-corrected chi connectivity index (χ0v) is 11.3. The number of likely N-dealkylation sites (tertiary alicyclic amines) is 2. The van der Waals surface area contributed by atoms with Gasteiger partial charge in [-0.3, -0.25) is 4.79 Å². The number of hydrogen-bond donors (Lipinski definition) is 1. The predicted octanol–water partition coefficient (Wildman–Crippen LogP) is 1.63. The first kappa shape index (κ1) is 13.2. The Morgan fingerprint density at radius 2 is 1.94 bits per heavy atom. The number of nitrogens with zero attached hydrogens (tertiary/aromatic N) is 2. The van der Waals surface area contributed by atoms with Crippen LogP contribution in [0.5, 0.6) is 0 Å². The van der Waals surface area contributed by atoms with Crippen LogP contribution in [-0.4, -0.2) is 52.1 Å². The van der Waals surface area contributed by atoms with E-state index in [1.54, 1.807) is 4.90 Å². The summed E-state index contributed by atoms with van der Waals surface area (Å²) in [6.45, 7) is 7.75. The summed E-state index contributed by atoms with van der Waals surface area (Å²) < 4.78 is 0. The quantitative estimate of drug-likeness (QED) is 0.773. The number of hydrogen-bond acceptors (Lipinski definition) is 2. The first-order valence-electron chi connectivity index (χ1n) is 6.62. The molecular formula is C13H22N2O3. The van der Waals surface area contributed by atoms with Gasteiger partial charge in [-0.25, -0.2) is 4.79 Å². The van der Waals surface area contributed by atoms with Crippen molar-refractivity contribution in [1.29, 1.82) is 0 Å². The van der Waals surface area contributed by atoms with Gasteiger partial charge in [0, 0.05) is 25.2 Å². The van der Waals surface area contributed by atoms with Crippen molar-refractivity contribution in [2.45, 2.75) is 39.2 Å². The second kappa shape index (κ2) is 4.44. The van der Waals surface area contributed by atoms with Gasteiger partial charge in [0.15, 0.2) is 0 Å². The minimum atomic E-state index is -0.793. The first-order valence-corrected chi connectivity index (χ1v) is 6.62. The number of aliphatic carboxylic acids is 1. The summed E-state index contributed by atoms with van der Waals surface area (Å²) in [7, 11) is 0. The minimum absolute atomic E-state index is 0.00750. The Morgan fingerprint density at radius 1 is 1.28 bits per heavy atom. The fourth-order valence-electron chi connectivity index (χ4n) is 3.08. The van der Waals surface area contributed by atoms with Gasteiger partial charge in [0.1, 0.15) is 0 Å². The van der Waals surface area contributed by atoms with Crippen molar-refractivity contribution in [3.8, 4) is 0 Å². The highest BCUT2D eigenvalue weighted by Crippen LogP contribution is 2.31. The van der Waals surface area contributed by atoms with Gasteiger partial charge in [-0.1, -0.05) is 6.92 Å². The molecule has 0 unspecified atom stereocenters. The lowest BCUT2D eigenvalue weighted by atomic mass is 9.99. The zero-order valence-electron chi connectivity index (χ0n) is 11.3. The second-order valence-electron chi connectivity index (χ2n) is 6.18. The van der Waals surface area contributed by atoms with E-state index in [1.165, 1.54) is 0 Å². The van der Waals surface area contributed by atoms with Gasteiger partial charge in [0.05, 0.1) is 5.92 Å². The number of urea groups is 1. The lowest BCUT2D eigenvalue weighted by molar-refractivity contribution is -0.142. The zero-order chi connectivity index (χ0) is 13.5. The van der Waals surface area contributed by atoms with Gasteiger partial charge in [-0.2, -0.15) is 0 Å². The summed E-state index contributed by atoms with van der Waals surface area (Å²) in [4.78, 5) is 27.1. The van der Waals surface area contributed by atoms with Crippen molar-refractivity contribution in [3.05, 3.63) is 0 Å². The normalized spacial score (nSPS) is 30.8. The van der Waals surface area contributed by atoms with Gasteiger partial charge < -0.3 is 14.9 Å². The molecule has 5 nitrogen and oxygen atoms in total. The topological polar surface area (TPSA) is 60.9 Å². The molecule has 18 heavy (non-hydrogen) atoms. The largest absolute Gasteiger partial charge is 0.481 e. The van der Waals surface area contributed by atoms with E-state index in [2.05, 4.69) is 13.8 Å². The summed E-state index contributed by atoms with van der Waals surface area (Å²) >= 11 is 0. The number of amides is 2. The van der Waals surface area contributed by atoms with Crippen molar-refractivity contribution in [3.63, 3.8) is 0 Å². The molecule has 2 amide bonds. The molecule has 0 aromatic rings. The fourth-order valence-corrected chi connectivity index (χ4v) is 3.08. The fraction of sp³-hybridized carbons (Fsp3) is 0.846. The molecule has 2 aliphatic heterocycles. The number of carbonyl (C=O) groups excluding carboxylic acids is 1. The van der Waals surface area contributed by atoms with Crippen molar-refractivity contribution in [1.82, 2.24) is 9.80 Å². The molecule has 102 valence electrons. The Bertz CT molecular complexity index is 367. The summed E-state index contributed by atoms with van der Waals surface area (Å²) in [5, 5.41) is 9.10. The summed E-state index contributed by atoms with van der Waals surface area (Å²) in [6, 6.07) is 0.00750. The Labute approximate surface area is 108 Å². The lowest BCUT2D eigenvalue weighted by Crippen LogP contribution is -2.49. The number of rotatable bonds is 1. The average Bonchev–Trinajstić information content (AvgIpc) is 2.80. The molecule has 0 aromatic carbocycles. The molecule has 0 aliphatic carbocycles. The Hall–Kier alpha value is -1.26. The van der Waals surface area contributed by atoms with Crippen molar-refractivity contribution in [2.24, 2.45) is 11.8 Å². The molecule has 2 saturated heterocycles. The molecule has 1 N–H and O–H groups in total. The molecule has 2 rings (SSSR count). The van der Waals surface area contributed by atoms with Crippen LogP contribution in [0.1, 0.15) is 33.6 Å². The van der Waals surface area contributed by atoms with Crippen LogP contribution in [0.25, 0.3) is 0 Å². The third-order valence-electron chi connectivity index (χ3n) is 4.33. The maximum atomic E-state index is 12.4. The molecule has 0 radical (unpaired) electrons. The smallest absolute Gasteiger partial charge is 0.320 e. The van der Waals surface area contributed by atoms with Crippen LogP contribution in [-0.2, 0) is 4.79 Å². The summed E-state index contributed by atoms with van der Waals surface area (Å²) in [6.07, 6.45) is 2.05. The maximum absolute atomic E-state index is 12.4. The van der Waals surface area contributed by atoms with Gasteiger partial charge in [0.2, 0.25) is 0 Å². The van der Waals surface area contributed by atoms with Crippen molar-refractivity contribution < 1.29 is 14.7 Å². The number of carboxylic acids is 1. The molecule has 0 aromatic heterocycles. The van der Waals surface area contributed by atoms with Crippen LogP contribution >= 0.6 is 0 Å². The van der Waals surface area contributed by atoms with Crippen molar-refractivity contribution >= 4 is 12.0 Å². The standard InChI is InChI=1S/C13H22N2O3/c1-9-7-14(8-10(9)11(16)17)12(18)15-6-4-5-13(15,2)3/h9-10H,4-8H2,1-3H3,(H,16,17)/t9-,10-/m1/s1. The van der Waals surface area contributed by atoms with E-state index in [9.17, 15) is 9.59 Å². The van der Waals surface area contributed by atoms with E-state index in [0.717, 1.165) is 19.4 Å². The van der Waals surface area contributed by atoms with Gasteiger partial charge in [-0.05, 0) is 32.6 Å². The number of carboxylic acid groups (broad SMARTS) is 1. The van der Waals surface area contributed by atoms with E-state index in [-0.39, 0.29) is 17.5 Å².